The molecule has 0 aromatic heterocycles. The van der Waals surface area contributed by atoms with Gasteiger partial charge in [-0.05, 0) is 47.8 Å². The number of fused-ring (bicyclic) bond motifs is 5. The Kier molecular flexibility index (Phi) is 7.93. The standard InChI is InChI=1S/C28H27Br2NO5S/c1-37-12-11-20(31-26(33)22-18-13-19(23(22)27(31)34)25(30)24(18)29)28(35)36-14-21(32)17-9-7-16(8-10-17)15-5-3-2-4-6-15/h2-10,18-20,22-25H,11-14H2,1H3/t18-,19-,20-,22-,23-,24-,25+/m1/s1. The highest BCUT2D eigenvalue weighted by Gasteiger charge is 2.67. The number of thioether (sulfide) groups is 1. The SMILES string of the molecule is CSCC[C@H](C(=O)OCC(=O)c1ccc(-c2ccccc2)cc1)N1C(=O)[C@@H]2[C@H]3C[C@@H]([C@@H](Br)[C@H]3Br)[C@H]2C1=O. The number of hydrogen-bond donors (Lipinski definition) is 0. The summed E-state index contributed by atoms with van der Waals surface area (Å²) >= 11 is 8.91. The zero-order valence-corrected chi connectivity index (χ0v) is 24.2. The molecule has 2 aromatic rings. The van der Waals surface area contributed by atoms with Crippen molar-refractivity contribution in [1.82, 2.24) is 4.90 Å². The maximum absolute atomic E-state index is 13.4. The first kappa shape index (κ1) is 26.6. The van der Waals surface area contributed by atoms with Gasteiger partial charge < -0.3 is 4.74 Å². The van der Waals surface area contributed by atoms with Crippen molar-refractivity contribution in [3.63, 3.8) is 0 Å². The quantitative estimate of drug-likeness (QED) is 0.165. The zero-order chi connectivity index (χ0) is 26.3. The van der Waals surface area contributed by atoms with Gasteiger partial charge in [0, 0.05) is 15.2 Å². The van der Waals surface area contributed by atoms with Gasteiger partial charge in [0.05, 0.1) is 11.8 Å². The molecule has 1 heterocycles. The molecule has 0 spiro atoms. The van der Waals surface area contributed by atoms with Crippen LogP contribution in [0.25, 0.3) is 11.1 Å². The average Bonchev–Trinajstić information content (AvgIpc) is 3.53. The molecule has 2 aliphatic carbocycles. The predicted octanol–water partition coefficient (Wildman–Crippen LogP) is 4.98. The number of benzene rings is 2. The topological polar surface area (TPSA) is 80.8 Å². The number of Topliss-reactive ketones (excluding diaryl/α,β-unsaturated/α-hetero) is 1. The highest BCUT2D eigenvalue weighted by atomic mass is 79.9. The molecule has 1 saturated heterocycles. The summed E-state index contributed by atoms with van der Waals surface area (Å²) in [6.45, 7) is -0.444. The Morgan fingerprint density at radius 1 is 0.946 bits per heavy atom. The van der Waals surface area contributed by atoms with E-state index in [1.54, 1.807) is 12.1 Å². The Morgan fingerprint density at radius 3 is 2.08 bits per heavy atom. The lowest BCUT2D eigenvalue weighted by Gasteiger charge is -2.28. The number of rotatable bonds is 9. The number of imide groups is 1. The zero-order valence-electron chi connectivity index (χ0n) is 20.2. The minimum absolute atomic E-state index is 0.0680. The van der Waals surface area contributed by atoms with Crippen molar-refractivity contribution in [3.05, 3.63) is 60.2 Å². The Morgan fingerprint density at radius 2 is 1.51 bits per heavy atom. The number of carbonyl (C=O) groups excluding carboxylic acids is 4. The molecule has 0 radical (unpaired) electrons. The van der Waals surface area contributed by atoms with E-state index in [-0.39, 0.29) is 39.1 Å². The van der Waals surface area contributed by atoms with Crippen molar-refractivity contribution in [2.75, 3.05) is 18.6 Å². The third-order valence-corrected chi connectivity index (χ3v) is 11.7. The third-order valence-electron chi connectivity index (χ3n) is 7.86. The van der Waals surface area contributed by atoms with Gasteiger partial charge in [-0.25, -0.2) is 4.79 Å². The van der Waals surface area contributed by atoms with E-state index in [1.165, 1.54) is 11.8 Å². The molecular formula is C28H27Br2NO5S. The summed E-state index contributed by atoms with van der Waals surface area (Å²) in [7, 11) is 0. The van der Waals surface area contributed by atoms with Crippen molar-refractivity contribution in [2.24, 2.45) is 23.7 Å². The van der Waals surface area contributed by atoms with Crippen LogP contribution in [0, 0.1) is 23.7 Å². The van der Waals surface area contributed by atoms with Gasteiger partial charge in [0.15, 0.2) is 12.4 Å². The van der Waals surface area contributed by atoms with Crippen LogP contribution in [-0.4, -0.2) is 62.8 Å². The Balaban J connectivity index is 1.27. The number of esters is 1. The lowest BCUT2D eigenvalue weighted by molar-refractivity contribution is -0.158. The molecule has 0 unspecified atom stereocenters. The smallest absolute Gasteiger partial charge is 0.329 e. The monoisotopic (exact) mass is 647 g/mol. The van der Waals surface area contributed by atoms with Gasteiger partial charge in [-0.1, -0.05) is 86.5 Å². The van der Waals surface area contributed by atoms with Crippen LogP contribution in [-0.2, 0) is 19.1 Å². The first-order valence-electron chi connectivity index (χ1n) is 12.3. The number of hydrogen-bond acceptors (Lipinski definition) is 6. The number of nitrogens with zero attached hydrogens (tertiary/aromatic N) is 1. The molecule has 37 heavy (non-hydrogen) atoms. The second-order valence-electron chi connectivity index (χ2n) is 9.82. The van der Waals surface area contributed by atoms with Crippen molar-refractivity contribution < 1.29 is 23.9 Å². The van der Waals surface area contributed by atoms with Crippen LogP contribution in [0.15, 0.2) is 54.6 Å². The van der Waals surface area contributed by atoms with Crippen LogP contribution >= 0.6 is 43.6 Å². The minimum Gasteiger partial charge on any atom is -0.456 e. The number of amides is 2. The van der Waals surface area contributed by atoms with E-state index < -0.39 is 30.5 Å². The van der Waals surface area contributed by atoms with E-state index in [1.807, 2.05) is 48.7 Å². The van der Waals surface area contributed by atoms with Crippen LogP contribution in [0.2, 0.25) is 0 Å². The molecule has 6 nitrogen and oxygen atoms in total. The van der Waals surface area contributed by atoms with Crippen LogP contribution < -0.4 is 0 Å². The van der Waals surface area contributed by atoms with Gasteiger partial charge in [-0.2, -0.15) is 11.8 Å². The van der Waals surface area contributed by atoms with Gasteiger partial charge in [0.1, 0.15) is 6.04 Å². The molecule has 5 rings (SSSR count). The number of alkyl halides is 2. The molecule has 2 bridgehead atoms. The molecule has 1 aliphatic heterocycles. The molecule has 9 heteroatoms. The molecule has 3 fully saturated rings. The minimum atomic E-state index is -1.02. The maximum Gasteiger partial charge on any atom is 0.329 e. The summed E-state index contributed by atoms with van der Waals surface area (Å²) in [6, 6.07) is 15.9. The number of ether oxygens (including phenoxy) is 1. The fourth-order valence-corrected chi connectivity index (χ4v) is 8.39. The van der Waals surface area contributed by atoms with E-state index in [9.17, 15) is 19.2 Å². The highest BCUT2D eigenvalue weighted by Crippen LogP contribution is 2.60. The van der Waals surface area contributed by atoms with Gasteiger partial charge in [-0.15, -0.1) is 0 Å². The van der Waals surface area contributed by atoms with Crippen LogP contribution in [0.5, 0.6) is 0 Å². The first-order chi connectivity index (χ1) is 17.8. The second kappa shape index (κ2) is 11.0. The Bertz CT molecular complexity index is 1170. The van der Waals surface area contributed by atoms with Gasteiger partial charge in [-0.3, -0.25) is 19.3 Å². The Hall–Kier alpha value is -1.97. The normalized spacial score (nSPS) is 28.9. The van der Waals surface area contributed by atoms with Gasteiger partial charge in [0.25, 0.3) is 0 Å². The summed E-state index contributed by atoms with van der Waals surface area (Å²) in [5.41, 5.74) is 2.45. The third kappa shape index (κ3) is 4.83. The van der Waals surface area contributed by atoms with Crippen LogP contribution in [0.3, 0.4) is 0 Å². The van der Waals surface area contributed by atoms with E-state index in [0.717, 1.165) is 22.4 Å². The fraction of sp³-hybridized carbons (Fsp3) is 0.429. The molecule has 7 atom stereocenters. The fourth-order valence-electron chi connectivity index (χ4n) is 6.06. The van der Waals surface area contributed by atoms with Crippen molar-refractivity contribution in [2.45, 2.75) is 28.5 Å². The lowest BCUT2D eigenvalue weighted by Crippen LogP contribution is -2.47. The number of likely N-dealkylation sites (tertiary alicyclic amines) is 1. The van der Waals surface area contributed by atoms with Crippen LogP contribution in [0.4, 0.5) is 0 Å². The number of halogens is 2. The molecule has 2 amide bonds. The Labute approximate surface area is 237 Å². The van der Waals surface area contributed by atoms with Crippen molar-refractivity contribution in [3.8, 4) is 11.1 Å². The lowest BCUT2D eigenvalue weighted by atomic mass is 9.81. The molecule has 194 valence electrons. The maximum atomic E-state index is 13.4. The number of carbonyl (C=O) groups is 4. The van der Waals surface area contributed by atoms with Crippen molar-refractivity contribution >= 4 is 67.2 Å². The van der Waals surface area contributed by atoms with E-state index in [2.05, 4.69) is 31.9 Å². The molecular weight excluding hydrogens is 622 g/mol. The van der Waals surface area contributed by atoms with Crippen LogP contribution in [0.1, 0.15) is 23.2 Å². The summed E-state index contributed by atoms with van der Waals surface area (Å²) in [5, 5.41) is 0. The largest absolute Gasteiger partial charge is 0.456 e. The summed E-state index contributed by atoms with van der Waals surface area (Å²) < 4.78 is 5.41. The highest BCUT2D eigenvalue weighted by molar-refractivity contribution is 9.12. The van der Waals surface area contributed by atoms with Gasteiger partial charge in [0.2, 0.25) is 11.8 Å². The second-order valence-corrected chi connectivity index (χ2v) is 12.9. The first-order valence-corrected chi connectivity index (χ1v) is 15.5. The van der Waals surface area contributed by atoms with Crippen molar-refractivity contribution in [1.29, 1.82) is 0 Å². The average molecular weight is 649 g/mol. The summed E-state index contributed by atoms with van der Waals surface area (Å²) in [6.07, 6.45) is 3.02. The molecule has 0 N–H and O–H groups in total. The summed E-state index contributed by atoms with van der Waals surface area (Å²) in [5.74, 6) is -1.69. The molecule has 2 saturated carbocycles. The molecule has 3 aliphatic rings. The van der Waals surface area contributed by atoms with E-state index >= 15 is 0 Å². The van der Waals surface area contributed by atoms with Gasteiger partial charge >= 0.3 is 5.97 Å². The predicted molar refractivity (Wildman–Crippen MR) is 150 cm³/mol. The number of ketones is 1. The molecule has 2 aromatic carbocycles. The summed E-state index contributed by atoms with van der Waals surface area (Å²) in [4.78, 5) is 54.2. The van der Waals surface area contributed by atoms with E-state index in [4.69, 9.17) is 4.74 Å². The van der Waals surface area contributed by atoms with E-state index in [0.29, 0.717) is 17.7 Å².